The Balaban J connectivity index is 1.38. The van der Waals surface area contributed by atoms with Crippen LogP contribution in [0.25, 0.3) is 16.2 Å². The highest BCUT2D eigenvalue weighted by Crippen LogP contribution is 2.24. The molecule has 4 rings (SSSR count). The number of hydrogen-bond donors (Lipinski definition) is 1. The zero-order valence-electron chi connectivity index (χ0n) is 14.6. The number of fused-ring (bicyclic) bond motifs is 1. The quantitative estimate of drug-likeness (QED) is 0.547. The van der Waals surface area contributed by atoms with Gasteiger partial charge in [0.05, 0.1) is 29.4 Å². The van der Waals surface area contributed by atoms with E-state index in [1.54, 1.807) is 23.6 Å². The number of aryl methyl sites for hydroxylation is 1. The zero-order chi connectivity index (χ0) is 18.8. The molecule has 0 aliphatic heterocycles. The van der Waals surface area contributed by atoms with E-state index >= 15 is 0 Å². The fourth-order valence-electron chi connectivity index (χ4n) is 2.82. The second-order valence-electron chi connectivity index (χ2n) is 6.31. The predicted molar refractivity (Wildman–Crippen MR) is 108 cm³/mol. The molecule has 7 heteroatoms. The Labute approximate surface area is 165 Å². The second kappa shape index (κ2) is 7.50. The van der Waals surface area contributed by atoms with Gasteiger partial charge in [0, 0.05) is 23.3 Å². The summed E-state index contributed by atoms with van der Waals surface area (Å²) in [5.41, 5.74) is 4.62. The van der Waals surface area contributed by atoms with E-state index in [1.807, 2.05) is 34.2 Å². The van der Waals surface area contributed by atoms with Crippen LogP contribution in [0, 0.1) is 6.92 Å². The van der Waals surface area contributed by atoms with E-state index < -0.39 is 0 Å². The molecular formula is C20H17ClN4OS. The number of thiazole rings is 1. The fourth-order valence-corrected chi connectivity index (χ4v) is 3.80. The summed E-state index contributed by atoms with van der Waals surface area (Å²) in [5.74, 6) is -0.0776. The molecule has 27 heavy (non-hydrogen) atoms. The van der Waals surface area contributed by atoms with E-state index in [2.05, 4.69) is 34.3 Å². The first kappa shape index (κ1) is 17.7. The Kier molecular flexibility index (Phi) is 4.92. The Hall–Kier alpha value is -2.70. The van der Waals surface area contributed by atoms with E-state index in [1.165, 1.54) is 5.56 Å². The molecular weight excluding hydrogens is 380 g/mol. The van der Waals surface area contributed by atoms with Gasteiger partial charge >= 0.3 is 0 Å². The third-order valence-corrected chi connectivity index (χ3v) is 5.25. The number of amides is 1. The minimum absolute atomic E-state index is 0.0776. The van der Waals surface area contributed by atoms with Crippen molar-refractivity contribution in [1.29, 1.82) is 0 Å². The van der Waals surface area contributed by atoms with Crippen molar-refractivity contribution in [3.63, 3.8) is 0 Å². The molecule has 0 unspecified atom stereocenters. The largest absolute Gasteiger partial charge is 0.350 e. The van der Waals surface area contributed by atoms with E-state index in [0.717, 1.165) is 27.6 Å². The third-order valence-electron chi connectivity index (χ3n) is 4.09. The van der Waals surface area contributed by atoms with Crippen LogP contribution in [-0.2, 0) is 17.8 Å². The van der Waals surface area contributed by atoms with Crippen LogP contribution in [-0.4, -0.2) is 20.3 Å². The molecule has 5 nitrogen and oxygen atoms in total. The molecule has 3 heterocycles. The Morgan fingerprint density at radius 2 is 2.07 bits per heavy atom. The Morgan fingerprint density at radius 3 is 2.93 bits per heavy atom. The molecule has 0 spiro atoms. The Bertz CT molecular complexity index is 1120. The lowest BCUT2D eigenvalue weighted by atomic mass is 10.1. The number of aromatic nitrogens is 3. The van der Waals surface area contributed by atoms with E-state index in [-0.39, 0.29) is 12.3 Å². The summed E-state index contributed by atoms with van der Waals surface area (Å²) < 4.78 is 1.85. The maximum atomic E-state index is 12.3. The number of carbonyl (C=O) groups excluding carboxylic acids is 1. The van der Waals surface area contributed by atoms with Crippen molar-refractivity contribution in [3.8, 4) is 10.6 Å². The van der Waals surface area contributed by atoms with Gasteiger partial charge in [-0.15, -0.1) is 11.3 Å². The first-order chi connectivity index (χ1) is 13.1. The molecule has 0 aliphatic carbocycles. The topological polar surface area (TPSA) is 59.3 Å². The molecule has 0 atom stereocenters. The molecule has 1 N–H and O–H groups in total. The maximum Gasteiger partial charge on any atom is 0.226 e. The van der Waals surface area contributed by atoms with Gasteiger partial charge < -0.3 is 9.72 Å². The lowest BCUT2D eigenvalue weighted by molar-refractivity contribution is -0.120. The summed E-state index contributed by atoms with van der Waals surface area (Å²) in [7, 11) is 0. The highest BCUT2D eigenvalue weighted by atomic mass is 35.5. The van der Waals surface area contributed by atoms with Gasteiger partial charge in [-0.2, -0.15) is 0 Å². The number of rotatable bonds is 5. The minimum atomic E-state index is -0.0776. The standard InChI is InChI=1S/C20H17ClN4OS/c1-13-3-2-4-14(7-13)20-24-16(12-27-20)8-19(26)22-9-17-11-25-10-15(21)5-6-18(25)23-17/h2-7,10-12H,8-9H2,1H3,(H,22,26). The Morgan fingerprint density at radius 1 is 1.19 bits per heavy atom. The summed E-state index contributed by atoms with van der Waals surface area (Å²) >= 11 is 7.53. The fraction of sp³-hybridized carbons (Fsp3) is 0.150. The normalized spacial score (nSPS) is 11.0. The summed E-state index contributed by atoms with van der Waals surface area (Å²) in [6, 6.07) is 11.8. The molecule has 0 fully saturated rings. The molecule has 0 saturated carbocycles. The highest BCUT2D eigenvalue weighted by molar-refractivity contribution is 7.13. The third kappa shape index (κ3) is 4.18. The van der Waals surface area contributed by atoms with Gasteiger partial charge in [-0.05, 0) is 25.1 Å². The van der Waals surface area contributed by atoms with Crippen LogP contribution in [0.3, 0.4) is 0 Å². The van der Waals surface area contributed by atoms with Crippen molar-refractivity contribution in [3.05, 3.63) is 76.1 Å². The van der Waals surface area contributed by atoms with Gasteiger partial charge in [-0.1, -0.05) is 35.4 Å². The van der Waals surface area contributed by atoms with Crippen LogP contribution in [0.4, 0.5) is 0 Å². The predicted octanol–water partition coefficient (Wildman–Crippen LogP) is 4.28. The molecule has 0 radical (unpaired) electrons. The molecule has 0 bridgehead atoms. The first-order valence-corrected chi connectivity index (χ1v) is 9.74. The van der Waals surface area contributed by atoms with E-state index in [9.17, 15) is 4.79 Å². The molecule has 4 aromatic rings. The van der Waals surface area contributed by atoms with Gasteiger partial charge in [0.15, 0.2) is 0 Å². The van der Waals surface area contributed by atoms with Crippen LogP contribution < -0.4 is 5.32 Å². The number of carbonyl (C=O) groups is 1. The summed E-state index contributed by atoms with van der Waals surface area (Å²) in [6.07, 6.45) is 3.90. The maximum absolute atomic E-state index is 12.3. The van der Waals surface area contributed by atoms with Crippen molar-refractivity contribution in [2.45, 2.75) is 19.9 Å². The van der Waals surface area contributed by atoms with Crippen molar-refractivity contribution < 1.29 is 4.79 Å². The van der Waals surface area contributed by atoms with Crippen molar-refractivity contribution in [2.75, 3.05) is 0 Å². The van der Waals surface area contributed by atoms with E-state index in [4.69, 9.17) is 11.6 Å². The zero-order valence-corrected chi connectivity index (χ0v) is 16.2. The number of imidazole rings is 1. The average Bonchev–Trinajstić information content (AvgIpc) is 3.26. The van der Waals surface area contributed by atoms with E-state index in [0.29, 0.717) is 11.6 Å². The first-order valence-electron chi connectivity index (χ1n) is 8.48. The van der Waals surface area contributed by atoms with Gasteiger partial charge in [0.25, 0.3) is 0 Å². The molecule has 136 valence electrons. The highest BCUT2D eigenvalue weighted by Gasteiger charge is 2.10. The molecule has 0 aliphatic rings. The van der Waals surface area contributed by atoms with Crippen molar-refractivity contribution >= 4 is 34.5 Å². The van der Waals surface area contributed by atoms with Gasteiger partial charge in [-0.3, -0.25) is 4.79 Å². The number of benzene rings is 1. The van der Waals surface area contributed by atoms with Crippen molar-refractivity contribution in [2.24, 2.45) is 0 Å². The molecule has 1 amide bonds. The van der Waals surface area contributed by atoms with Crippen LogP contribution in [0.5, 0.6) is 0 Å². The lowest BCUT2D eigenvalue weighted by Crippen LogP contribution is -2.24. The average molecular weight is 397 g/mol. The van der Waals surface area contributed by atoms with Crippen LogP contribution in [0.15, 0.2) is 54.2 Å². The number of nitrogens with zero attached hydrogens (tertiary/aromatic N) is 3. The molecule has 1 aromatic carbocycles. The smallest absolute Gasteiger partial charge is 0.226 e. The molecule has 3 aromatic heterocycles. The SMILES string of the molecule is Cc1cccc(-c2nc(CC(=O)NCc3cn4cc(Cl)ccc4n3)cs2)c1. The lowest BCUT2D eigenvalue weighted by Gasteiger charge is -2.01. The second-order valence-corrected chi connectivity index (χ2v) is 7.61. The van der Waals surface area contributed by atoms with Crippen LogP contribution in [0.1, 0.15) is 17.0 Å². The van der Waals surface area contributed by atoms with Crippen molar-refractivity contribution in [1.82, 2.24) is 19.7 Å². The number of halogens is 1. The number of nitrogens with one attached hydrogen (secondary N) is 1. The monoisotopic (exact) mass is 396 g/mol. The van der Waals surface area contributed by atoms with Gasteiger partial charge in [-0.25, -0.2) is 9.97 Å². The summed E-state index contributed by atoms with van der Waals surface area (Å²) in [5, 5.41) is 6.40. The number of pyridine rings is 1. The summed E-state index contributed by atoms with van der Waals surface area (Å²) in [6.45, 7) is 2.42. The molecule has 0 saturated heterocycles. The van der Waals surface area contributed by atoms with Gasteiger partial charge in [0.2, 0.25) is 5.91 Å². The summed E-state index contributed by atoms with van der Waals surface area (Å²) in [4.78, 5) is 21.3. The minimum Gasteiger partial charge on any atom is -0.350 e. The van der Waals surface area contributed by atoms with Crippen LogP contribution >= 0.6 is 22.9 Å². The number of hydrogen-bond acceptors (Lipinski definition) is 4. The van der Waals surface area contributed by atoms with Crippen LogP contribution in [0.2, 0.25) is 5.02 Å². The van der Waals surface area contributed by atoms with Gasteiger partial charge in [0.1, 0.15) is 10.7 Å².